The average molecular weight is 360 g/mol. The Morgan fingerprint density at radius 2 is 1.44 bits per heavy atom. The predicted molar refractivity (Wildman–Crippen MR) is 109 cm³/mol. The van der Waals surface area contributed by atoms with Gasteiger partial charge in [0.15, 0.2) is 6.61 Å². The van der Waals surface area contributed by atoms with Crippen LogP contribution in [0.3, 0.4) is 0 Å². The summed E-state index contributed by atoms with van der Waals surface area (Å²) in [5, 5.41) is 1.84. The predicted octanol–water partition coefficient (Wildman–Crippen LogP) is 4.42. The van der Waals surface area contributed by atoms with Crippen LogP contribution in [0.25, 0.3) is 0 Å². The van der Waals surface area contributed by atoms with Gasteiger partial charge in [-0.15, -0.1) is 0 Å². The van der Waals surface area contributed by atoms with Gasteiger partial charge in [-0.1, -0.05) is 66.7 Å². The Bertz CT molecular complexity index is 859. The first kappa shape index (κ1) is 18.5. The van der Waals surface area contributed by atoms with Crippen molar-refractivity contribution in [3.8, 4) is 5.75 Å². The summed E-state index contributed by atoms with van der Waals surface area (Å²) >= 11 is 0. The largest absolute Gasteiger partial charge is 0.483 e. The van der Waals surface area contributed by atoms with E-state index in [1.807, 2.05) is 97.7 Å². The highest BCUT2D eigenvalue weighted by atomic mass is 16.5. The number of para-hydroxylation sites is 2. The van der Waals surface area contributed by atoms with Crippen molar-refractivity contribution in [2.24, 2.45) is 0 Å². The molecule has 1 amide bonds. The summed E-state index contributed by atoms with van der Waals surface area (Å²) in [5.74, 6) is 0.569. The summed E-state index contributed by atoms with van der Waals surface area (Å²) in [4.78, 5) is 12.5. The summed E-state index contributed by atoms with van der Waals surface area (Å²) in [6.45, 7) is 4.49. The van der Waals surface area contributed by atoms with E-state index in [1.165, 1.54) is 0 Å². The van der Waals surface area contributed by atoms with Gasteiger partial charge in [-0.3, -0.25) is 15.2 Å². The highest BCUT2D eigenvalue weighted by Gasteiger charge is 2.13. The minimum Gasteiger partial charge on any atom is -0.483 e. The summed E-state index contributed by atoms with van der Waals surface area (Å²) in [7, 11) is 0. The van der Waals surface area contributed by atoms with Gasteiger partial charge in [0.1, 0.15) is 5.75 Å². The van der Waals surface area contributed by atoms with Gasteiger partial charge < -0.3 is 4.74 Å². The molecule has 0 spiro atoms. The van der Waals surface area contributed by atoms with Crippen LogP contribution >= 0.6 is 0 Å². The van der Waals surface area contributed by atoms with E-state index >= 15 is 0 Å². The minimum absolute atomic E-state index is 0.0379. The van der Waals surface area contributed by atoms with Gasteiger partial charge in [0, 0.05) is 0 Å². The molecule has 27 heavy (non-hydrogen) atoms. The molecule has 0 aliphatic carbocycles. The molecule has 0 aliphatic rings. The number of hydrogen-bond donors (Lipinski definition) is 1. The second-order valence-electron chi connectivity index (χ2n) is 6.45. The number of hydrogen-bond acceptors (Lipinski definition) is 3. The van der Waals surface area contributed by atoms with E-state index in [0.29, 0.717) is 6.54 Å². The molecule has 0 bridgehead atoms. The molecule has 4 nitrogen and oxygen atoms in total. The summed E-state index contributed by atoms with van der Waals surface area (Å²) in [5.41, 5.74) is 7.03. The molecule has 0 heterocycles. The Labute approximate surface area is 160 Å². The minimum atomic E-state index is -0.197. The molecule has 138 valence electrons. The molecule has 0 atom stereocenters. The van der Waals surface area contributed by atoms with Gasteiger partial charge in [0.25, 0.3) is 5.91 Å². The molecule has 4 heteroatoms. The third-order valence-electron chi connectivity index (χ3n) is 4.27. The number of carbonyl (C=O) groups is 1. The molecule has 3 aromatic rings. The lowest BCUT2D eigenvalue weighted by Crippen LogP contribution is -2.44. The third kappa shape index (κ3) is 5.11. The van der Waals surface area contributed by atoms with Crippen molar-refractivity contribution in [1.82, 2.24) is 5.43 Å². The molecule has 3 aromatic carbocycles. The summed E-state index contributed by atoms with van der Waals surface area (Å²) in [6.07, 6.45) is 0. The fraction of sp³-hybridized carbons (Fsp3) is 0.174. The Morgan fingerprint density at radius 1 is 0.852 bits per heavy atom. The molecule has 3 rings (SSSR count). The van der Waals surface area contributed by atoms with E-state index in [4.69, 9.17) is 4.74 Å². The second-order valence-corrected chi connectivity index (χ2v) is 6.45. The number of hydrazine groups is 1. The van der Waals surface area contributed by atoms with Crippen LogP contribution in [-0.4, -0.2) is 12.5 Å². The van der Waals surface area contributed by atoms with Crippen molar-refractivity contribution >= 4 is 11.6 Å². The molecule has 0 fully saturated rings. The molecule has 0 saturated carbocycles. The zero-order valence-corrected chi connectivity index (χ0v) is 15.7. The zero-order chi connectivity index (χ0) is 19.1. The van der Waals surface area contributed by atoms with E-state index in [9.17, 15) is 4.79 Å². The van der Waals surface area contributed by atoms with Crippen molar-refractivity contribution in [2.45, 2.75) is 20.4 Å². The number of amides is 1. The number of nitrogens with zero attached hydrogens (tertiary/aromatic N) is 1. The number of ether oxygens (including phenoxy) is 1. The topological polar surface area (TPSA) is 41.6 Å². The van der Waals surface area contributed by atoms with Crippen molar-refractivity contribution in [3.05, 3.63) is 95.6 Å². The number of rotatable bonds is 7. The van der Waals surface area contributed by atoms with Crippen LogP contribution in [0.4, 0.5) is 5.69 Å². The number of benzene rings is 3. The highest BCUT2D eigenvalue weighted by Crippen LogP contribution is 2.22. The smallest absolute Gasteiger partial charge is 0.276 e. The first-order valence-corrected chi connectivity index (χ1v) is 8.98. The Balaban J connectivity index is 1.69. The van der Waals surface area contributed by atoms with Crippen molar-refractivity contribution in [2.75, 3.05) is 11.6 Å². The highest BCUT2D eigenvalue weighted by molar-refractivity contribution is 5.79. The Hall–Kier alpha value is -3.27. The van der Waals surface area contributed by atoms with E-state index in [-0.39, 0.29) is 12.5 Å². The zero-order valence-electron chi connectivity index (χ0n) is 15.7. The maximum absolute atomic E-state index is 12.5. The van der Waals surface area contributed by atoms with E-state index in [0.717, 1.165) is 28.1 Å². The van der Waals surface area contributed by atoms with Crippen LogP contribution in [0.2, 0.25) is 0 Å². The normalized spacial score (nSPS) is 10.3. The van der Waals surface area contributed by atoms with Gasteiger partial charge in [0.2, 0.25) is 0 Å². The fourth-order valence-corrected chi connectivity index (χ4v) is 2.92. The van der Waals surface area contributed by atoms with Crippen LogP contribution < -0.4 is 15.2 Å². The van der Waals surface area contributed by atoms with Crippen LogP contribution in [0.1, 0.15) is 16.7 Å². The van der Waals surface area contributed by atoms with Gasteiger partial charge >= 0.3 is 0 Å². The molecule has 0 saturated heterocycles. The van der Waals surface area contributed by atoms with Gasteiger partial charge in [-0.2, -0.15) is 0 Å². The maximum atomic E-state index is 12.5. The van der Waals surface area contributed by atoms with Crippen LogP contribution in [0, 0.1) is 13.8 Å². The van der Waals surface area contributed by atoms with Gasteiger partial charge in [-0.25, -0.2) is 0 Å². The second kappa shape index (κ2) is 8.90. The molecule has 1 N–H and O–H groups in total. The molecular formula is C23H24N2O2. The van der Waals surface area contributed by atoms with Crippen molar-refractivity contribution < 1.29 is 9.53 Å². The number of anilines is 1. The average Bonchev–Trinajstić information content (AvgIpc) is 2.68. The number of aryl methyl sites for hydroxylation is 2. The quantitative estimate of drug-likeness (QED) is 0.634. The summed E-state index contributed by atoms with van der Waals surface area (Å²) in [6, 6.07) is 25.8. The lowest BCUT2D eigenvalue weighted by atomic mass is 10.1. The monoisotopic (exact) mass is 360 g/mol. The number of nitrogens with one attached hydrogen (secondary N) is 1. The number of carbonyl (C=O) groups excluding carboxylic acids is 1. The van der Waals surface area contributed by atoms with E-state index in [1.54, 1.807) is 0 Å². The summed E-state index contributed by atoms with van der Waals surface area (Å²) < 4.78 is 5.78. The van der Waals surface area contributed by atoms with Crippen LogP contribution in [-0.2, 0) is 11.3 Å². The first-order valence-electron chi connectivity index (χ1n) is 8.98. The van der Waals surface area contributed by atoms with Gasteiger partial charge in [-0.05, 0) is 42.7 Å². The molecular weight excluding hydrogens is 336 g/mol. The molecule has 0 aromatic heterocycles. The lowest BCUT2D eigenvalue weighted by molar-refractivity contribution is -0.123. The fourth-order valence-electron chi connectivity index (χ4n) is 2.92. The molecule has 0 aliphatic heterocycles. The first-order chi connectivity index (χ1) is 13.1. The standard InChI is InChI=1S/C23H24N2O2/c1-18-10-9-11-19(2)23(18)27-17-22(26)24-25(21-14-7-4-8-15-21)16-20-12-5-3-6-13-20/h3-15H,16-17H2,1-2H3,(H,24,26). The Kier molecular flexibility index (Phi) is 6.10. The third-order valence-corrected chi connectivity index (χ3v) is 4.27. The lowest BCUT2D eigenvalue weighted by Gasteiger charge is -2.25. The van der Waals surface area contributed by atoms with Crippen LogP contribution in [0.5, 0.6) is 5.75 Å². The van der Waals surface area contributed by atoms with Crippen molar-refractivity contribution in [1.29, 1.82) is 0 Å². The van der Waals surface area contributed by atoms with Crippen LogP contribution in [0.15, 0.2) is 78.9 Å². The van der Waals surface area contributed by atoms with Crippen molar-refractivity contribution in [3.63, 3.8) is 0 Å². The maximum Gasteiger partial charge on any atom is 0.276 e. The SMILES string of the molecule is Cc1cccc(C)c1OCC(=O)NN(Cc1ccccc1)c1ccccc1. The van der Waals surface area contributed by atoms with E-state index in [2.05, 4.69) is 5.43 Å². The Morgan fingerprint density at radius 3 is 2.07 bits per heavy atom. The van der Waals surface area contributed by atoms with E-state index < -0.39 is 0 Å². The van der Waals surface area contributed by atoms with Gasteiger partial charge in [0.05, 0.1) is 12.2 Å². The molecule has 0 unspecified atom stereocenters. The molecule has 0 radical (unpaired) electrons.